The molecule has 230 valence electrons. The van der Waals surface area contributed by atoms with Crippen LogP contribution in [-0.4, -0.2) is 64.6 Å². The second-order valence-corrected chi connectivity index (χ2v) is 10.8. The number of ether oxygens (including phenoxy) is 4. The molecule has 0 unspecified atom stereocenters. The summed E-state index contributed by atoms with van der Waals surface area (Å²) in [5.41, 5.74) is 3.30. The molecule has 0 saturated carbocycles. The second kappa shape index (κ2) is 15.0. The number of anilines is 1. The third-order valence-electron chi connectivity index (χ3n) is 7.65. The summed E-state index contributed by atoms with van der Waals surface area (Å²) in [6, 6.07) is 17.4. The Hall–Kier alpha value is -3.89. The summed E-state index contributed by atoms with van der Waals surface area (Å²) < 4.78 is 50.5. The van der Waals surface area contributed by atoms with Gasteiger partial charge in [0.2, 0.25) is 5.91 Å². The van der Waals surface area contributed by atoms with E-state index < -0.39 is 11.6 Å². The minimum absolute atomic E-state index is 0.0176. The van der Waals surface area contributed by atoms with E-state index in [1.54, 1.807) is 0 Å². The first-order valence-electron chi connectivity index (χ1n) is 14.8. The molecule has 3 aromatic rings. The average molecular weight is 596 g/mol. The van der Waals surface area contributed by atoms with Crippen molar-refractivity contribution >= 4 is 11.6 Å². The van der Waals surface area contributed by atoms with E-state index in [1.807, 2.05) is 24.3 Å². The lowest BCUT2D eigenvalue weighted by Gasteiger charge is -2.33. The number of amides is 1. The van der Waals surface area contributed by atoms with Crippen LogP contribution in [-0.2, 0) is 16.1 Å². The van der Waals surface area contributed by atoms with Gasteiger partial charge in [-0.15, -0.1) is 0 Å². The van der Waals surface area contributed by atoms with E-state index in [0.29, 0.717) is 32.8 Å². The fourth-order valence-corrected chi connectivity index (χ4v) is 5.43. The van der Waals surface area contributed by atoms with Gasteiger partial charge in [0.25, 0.3) is 0 Å². The lowest BCUT2D eigenvalue weighted by Crippen LogP contribution is -2.41. The first-order valence-corrected chi connectivity index (χ1v) is 14.8. The molecule has 0 aromatic heterocycles. The third kappa shape index (κ3) is 8.58. The highest BCUT2D eigenvalue weighted by Crippen LogP contribution is 2.34. The van der Waals surface area contributed by atoms with Crippen molar-refractivity contribution in [2.45, 2.75) is 38.4 Å². The summed E-state index contributed by atoms with van der Waals surface area (Å²) in [4.78, 5) is 13.5. The molecule has 2 N–H and O–H groups in total. The normalized spacial score (nSPS) is 18.0. The number of carbonyl (C=O) groups is 1. The van der Waals surface area contributed by atoms with Gasteiger partial charge in [-0.1, -0.05) is 18.2 Å². The summed E-state index contributed by atoms with van der Waals surface area (Å²) >= 11 is 0. The van der Waals surface area contributed by atoms with Crippen LogP contribution in [0.2, 0.25) is 0 Å². The molecule has 1 saturated heterocycles. The van der Waals surface area contributed by atoms with Gasteiger partial charge in [0.05, 0.1) is 38.2 Å². The second-order valence-electron chi connectivity index (χ2n) is 10.8. The minimum atomic E-state index is -0.586. The molecule has 0 aliphatic carbocycles. The number of benzene rings is 3. The highest BCUT2D eigenvalue weighted by Gasteiger charge is 2.27. The lowest BCUT2D eigenvalue weighted by molar-refractivity contribution is -0.118. The molecule has 0 spiro atoms. The van der Waals surface area contributed by atoms with Gasteiger partial charge in [0.1, 0.15) is 23.9 Å². The molecule has 43 heavy (non-hydrogen) atoms. The maximum absolute atomic E-state index is 13.7. The van der Waals surface area contributed by atoms with Gasteiger partial charge in [-0.25, -0.2) is 8.78 Å². The summed E-state index contributed by atoms with van der Waals surface area (Å²) in [7, 11) is 0. The predicted octanol–water partition coefficient (Wildman–Crippen LogP) is 4.81. The average Bonchev–Trinajstić information content (AvgIpc) is 3.02. The van der Waals surface area contributed by atoms with Gasteiger partial charge in [-0.2, -0.15) is 0 Å². The topological polar surface area (TPSA) is 81.3 Å². The van der Waals surface area contributed by atoms with Crippen LogP contribution in [0, 0.1) is 11.6 Å². The molecule has 0 radical (unpaired) electrons. The number of hydrogen-bond acceptors (Lipinski definition) is 7. The van der Waals surface area contributed by atoms with Crippen LogP contribution in [0.5, 0.6) is 17.2 Å². The standard InChI is InChI=1S/C33H39F2N3O5/c1-23(39)37-13-14-38-15-18-42-31-10-3-24(19-30(31)38)22-43-33-21-36-12-11-28(33)25-4-7-27(8-5-25)40-16-2-17-41-32-20-26(34)6-9-29(32)35/h3-10,19-20,28,33,36H,2,11-18,21-22H2,1H3,(H,37,39)/t28-,33+/m1/s1. The van der Waals surface area contributed by atoms with Crippen molar-refractivity contribution in [1.29, 1.82) is 0 Å². The van der Waals surface area contributed by atoms with E-state index in [1.165, 1.54) is 12.5 Å². The molecule has 2 aliphatic rings. The Balaban J connectivity index is 1.11. The molecule has 8 nitrogen and oxygen atoms in total. The predicted molar refractivity (Wildman–Crippen MR) is 160 cm³/mol. The van der Waals surface area contributed by atoms with E-state index in [2.05, 4.69) is 33.7 Å². The number of nitrogens with zero attached hydrogens (tertiary/aromatic N) is 1. The number of piperidine rings is 1. The SMILES string of the molecule is CC(=O)NCCN1CCOc2ccc(CO[C@H]3CNCC[C@@H]3c3ccc(OCCCOc4cc(F)ccc4F)cc3)cc21. The van der Waals surface area contributed by atoms with Crippen molar-refractivity contribution in [1.82, 2.24) is 10.6 Å². The number of rotatable bonds is 13. The van der Waals surface area contributed by atoms with Crippen LogP contribution in [0.4, 0.5) is 14.5 Å². The Morgan fingerprint density at radius 2 is 1.91 bits per heavy atom. The molecular formula is C33H39F2N3O5. The van der Waals surface area contributed by atoms with Crippen molar-refractivity contribution in [2.24, 2.45) is 0 Å². The smallest absolute Gasteiger partial charge is 0.216 e. The molecule has 2 heterocycles. The van der Waals surface area contributed by atoms with Crippen LogP contribution >= 0.6 is 0 Å². The molecule has 2 aliphatic heterocycles. The summed E-state index contributed by atoms with van der Waals surface area (Å²) in [5.74, 6) is 0.598. The zero-order valence-corrected chi connectivity index (χ0v) is 24.5. The van der Waals surface area contributed by atoms with Gasteiger partial charge in [0.15, 0.2) is 11.6 Å². The molecule has 5 rings (SSSR count). The van der Waals surface area contributed by atoms with Crippen LogP contribution < -0.4 is 29.7 Å². The van der Waals surface area contributed by atoms with Gasteiger partial charge >= 0.3 is 0 Å². The first-order chi connectivity index (χ1) is 21.0. The Morgan fingerprint density at radius 3 is 2.74 bits per heavy atom. The molecule has 0 bridgehead atoms. The molecular weight excluding hydrogens is 556 g/mol. The molecule has 2 atom stereocenters. The Kier molecular flexibility index (Phi) is 10.7. The fraction of sp³-hybridized carbons (Fsp3) is 0.424. The van der Waals surface area contributed by atoms with E-state index in [-0.39, 0.29) is 30.3 Å². The van der Waals surface area contributed by atoms with Crippen molar-refractivity contribution in [2.75, 3.05) is 57.4 Å². The minimum Gasteiger partial charge on any atom is -0.493 e. The first kappa shape index (κ1) is 30.6. The Labute approximate surface area is 251 Å². The Bertz CT molecular complexity index is 1360. The number of fused-ring (bicyclic) bond motifs is 1. The zero-order valence-electron chi connectivity index (χ0n) is 24.5. The summed E-state index contributed by atoms with van der Waals surface area (Å²) in [6.07, 6.45) is 1.52. The number of nitrogens with one attached hydrogen (secondary N) is 2. The highest BCUT2D eigenvalue weighted by atomic mass is 19.1. The quantitative estimate of drug-likeness (QED) is 0.275. The van der Waals surface area contributed by atoms with Crippen molar-refractivity contribution in [3.05, 3.63) is 83.4 Å². The van der Waals surface area contributed by atoms with Gasteiger partial charge in [-0.3, -0.25) is 4.79 Å². The van der Waals surface area contributed by atoms with Crippen LogP contribution in [0.25, 0.3) is 0 Å². The molecule has 1 fully saturated rings. The van der Waals surface area contributed by atoms with Crippen molar-refractivity contribution in [3.8, 4) is 17.2 Å². The fourth-order valence-electron chi connectivity index (χ4n) is 5.43. The monoisotopic (exact) mass is 595 g/mol. The van der Waals surface area contributed by atoms with E-state index in [9.17, 15) is 13.6 Å². The molecule has 3 aromatic carbocycles. The maximum atomic E-state index is 13.7. The largest absolute Gasteiger partial charge is 0.493 e. The zero-order chi connectivity index (χ0) is 30.0. The van der Waals surface area contributed by atoms with E-state index in [0.717, 1.165) is 73.5 Å². The van der Waals surface area contributed by atoms with Crippen molar-refractivity contribution in [3.63, 3.8) is 0 Å². The van der Waals surface area contributed by atoms with Gasteiger partial charge in [0, 0.05) is 45.0 Å². The van der Waals surface area contributed by atoms with E-state index in [4.69, 9.17) is 18.9 Å². The van der Waals surface area contributed by atoms with Gasteiger partial charge < -0.3 is 34.5 Å². The highest BCUT2D eigenvalue weighted by molar-refractivity contribution is 5.72. The van der Waals surface area contributed by atoms with Crippen molar-refractivity contribution < 1.29 is 32.5 Å². The molecule has 10 heteroatoms. The van der Waals surface area contributed by atoms with E-state index >= 15 is 0 Å². The number of halogens is 2. The van der Waals surface area contributed by atoms with Gasteiger partial charge in [-0.05, 0) is 60.5 Å². The summed E-state index contributed by atoms with van der Waals surface area (Å²) in [5, 5.41) is 6.33. The lowest BCUT2D eigenvalue weighted by atomic mass is 9.87. The Morgan fingerprint density at radius 1 is 1.07 bits per heavy atom. The third-order valence-corrected chi connectivity index (χ3v) is 7.65. The number of hydrogen-bond donors (Lipinski definition) is 2. The van der Waals surface area contributed by atoms with Crippen LogP contribution in [0.15, 0.2) is 60.7 Å². The maximum Gasteiger partial charge on any atom is 0.216 e. The van der Waals surface area contributed by atoms with Crippen LogP contribution in [0.1, 0.15) is 36.8 Å². The molecule has 1 amide bonds. The number of carbonyl (C=O) groups excluding carboxylic acids is 1. The summed E-state index contributed by atoms with van der Waals surface area (Å²) in [6.45, 7) is 7.02. The van der Waals surface area contributed by atoms with Crippen LogP contribution in [0.3, 0.4) is 0 Å².